The van der Waals surface area contributed by atoms with Gasteiger partial charge in [-0.1, -0.05) is 24.3 Å². The summed E-state index contributed by atoms with van der Waals surface area (Å²) in [6.45, 7) is 0. The lowest BCUT2D eigenvalue weighted by molar-refractivity contribution is -0.119. The van der Waals surface area contributed by atoms with Gasteiger partial charge in [-0.3, -0.25) is 4.79 Å². The fourth-order valence-corrected chi connectivity index (χ4v) is 2.78. The Balaban J connectivity index is 2.12. The molecule has 1 atom stereocenters. The van der Waals surface area contributed by atoms with Gasteiger partial charge in [0.15, 0.2) is 5.78 Å². The van der Waals surface area contributed by atoms with Gasteiger partial charge in [-0.25, -0.2) is 0 Å². The van der Waals surface area contributed by atoms with Gasteiger partial charge in [0.25, 0.3) is 0 Å². The minimum Gasteiger partial charge on any atom is -0.321 e. The van der Waals surface area contributed by atoms with E-state index in [9.17, 15) is 4.79 Å². The second-order valence-electron chi connectivity index (χ2n) is 4.89. The largest absolute Gasteiger partial charge is 0.321 e. The molecule has 0 unspecified atom stereocenters. The average Bonchev–Trinajstić information content (AvgIpc) is 2.99. The normalized spacial score (nSPS) is 27.3. The summed E-state index contributed by atoms with van der Waals surface area (Å²) in [5.74, 6) is 0.200. The third-order valence-electron chi connectivity index (χ3n) is 3.83. The lowest BCUT2D eigenvalue weighted by Crippen LogP contribution is -2.32. The van der Waals surface area contributed by atoms with E-state index in [1.54, 1.807) is 0 Å². The van der Waals surface area contributed by atoms with Crippen LogP contribution in [0, 0.1) is 0 Å². The highest BCUT2D eigenvalue weighted by Crippen LogP contribution is 2.53. The third-order valence-corrected chi connectivity index (χ3v) is 3.83. The summed E-state index contributed by atoms with van der Waals surface area (Å²) < 4.78 is 0. The van der Waals surface area contributed by atoms with Crippen LogP contribution in [0.15, 0.2) is 24.3 Å². The van der Waals surface area contributed by atoms with Crippen LogP contribution in [-0.4, -0.2) is 11.8 Å². The number of fused-ring (bicyclic) bond motifs is 2. The Morgan fingerprint density at radius 2 is 2.00 bits per heavy atom. The minimum atomic E-state index is -0.250. The molecule has 15 heavy (non-hydrogen) atoms. The van der Waals surface area contributed by atoms with Crippen molar-refractivity contribution in [3.8, 4) is 0 Å². The lowest BCUT2D eigenvalue weighted by atomic mass is 9.89. The highest BCUT2D eigenvalue weighted by atomic mass is 16.1. The maximum absolute atomic E-state index is 11.8. The predicted octanol–water partition coefficient (Wildman–Crippen LogP) is 1.56. The van der Waals surface area contributed by atoms with Gasteiger partial charge in [0.05, 0.1) is 6.04 Å². The van der Waals surface area contributed by atoms with E-state index in [1.807, 2.05) is 6.07 Å². The Hall–Kier alpha value is -1.15. The molecule has 2 heteroatoms. The molecule has 3 rings (SSSR count). The minimum absolute atomic E-state index is 0.200. The van der Waals surface area contributed by atoms with Gasteiger partial charge in [-0.2, -0.15) is 0 Å². The number of hydrogen-bond donors (Lipinski definition) is 1. The predicted molar refractivity (Wildman–Crippen MR) is 58.7 cm³/mol. The zero-order valence-electron chi connectivity index (χ0n) is 8.70. The molecule has 2 aliphatic rings. The lowest BCUT2D eigenvalue weighted by Gasteiger charge is -2.16. The van der Waals surface area contributed by atoms with Gasteiger partial charge in [-0.15, -0.1) is 0 Å². The second-order valence-corrected chi connectivity index (χ2v) is 4.89. The molecule has 78 valence electrons. The maximum Gasteiger partial charge on any atom is 0.153 e. The summed E-state index contributed by atoms with van der Waals surface area (Å²) >= 11 is 0. The van der Waals surface area contributed by atoms with Crippen molar-refractivity contribution in [1.82, 2.24) is 0 Å². The van der Waals surface area contributed by atoms with E-state index in [-0.39, 0.29) is 17.2 Å². The topological polar surface area (TPSA) is 43.1 Å². The molecule has 0 radical (unpaired) electrons. The van der Waals surface area contributed by atoms with E-state index >= 15 is 0 Å². The van der Waals surface area contributed by atoms with Crippen molar-refractivity contribution < 1.29 is 4.79 Å². The van der Waals surface area contributed by atoms with Crippen LogP contribution in [0.3, 0.4) is 0 Å². The van der Waals surface area contributed by atoms with Crippen molar-refractivity contribution in [3.63, 3.8) is 0 Å². The smallest absolute Gasteiger partial charge is 0.153 e. The Morgan fingerprint density at radius 1 is 1.27 bits per heavy atom. The van der Waals surface area contributed by atoms with E-state index < -0.39 is 0 Å². The number of Topliss-reactive ketones (excluding diaryl/α,β-unsaturated/α-hetero) is 1. The maximum atomic E-state index is 11.8. The molecule has 0 heterocycles. The zero-order chi connectivity index (χ0) is 10.5. The number of benzene rings is 1. The summed E-state index contributed by atoms with van der Waals surface area (Å²) in [5.41, 5.74) is 8.76. The first-order valence-electron chi connectivity index (χ1n) is 5.58. The van der Waals surface area contributed by atoms with Crippen molar-refractivity contribution in [1.29, 1.82) is 0 Å². The first-order valence-corrected chi connectivity index (χ1v) is 5.58. The van der Waals surface area contributed by atoms with E-state index in [0.717, 1.165) is 6.42 Å². The Kier molecular flexibility index (Phi) is 1.77. The summed E-state index contributed by atoms with van der Waals surface area (Å²) in [5, 5.41) is 0. The Morgan fingerprint density at radius 3 is 2.73 bits per heavy atom. The SMILES string of the molecule is N[C@H]1CC2(CC2)c2ccccc2CC1=O. The van der Waals surface area contributed by atoms with E-state index in [4.69, 9.17) is 5.73 Å². The molecule has 2 aliphatic carbocycles. The molecular formula is C13H15NO. The van der Waals surface area contributed by atoms with Crippen LogP contribution in [0.1, 0.15) is 30.4 Å². The van der Waals surface area contributed by atoms with Gasteiger partial charge in [0.1, 0.15) is 0 Å². The molecule has 0 amide bonds. The van der Waals surface area contributed by atoms with Crippen LogP contribution < -0.4 is 5.73 Å². The molecule has 1 saturated carbocycles. The fourth-order valence-electron chi connectivity index (χ4n) is 2.78. The van der Waals surface area contributed by atoms with Gasteiger partial charge < -0.3 is 5.73 Å². The van der Waals surface area contributed by atoms with Crippen LogP contribution in [0.4, 0.5) is 0 Å². The number of carbonyl (C=O) groups is 1. The molecule has 1 spiro atoms. The summed E-state index contributed by atoms with van der Waals surface area (Å²) in [6, 6.07) is 8.08. The summed E-state index contributed by atoms with van der Waals surface area (Å²) in [7, 11) is 0. The second kappa shape index (κ2) is 2.92. The van der Waals surface area contributed by atoms with Crippen LogP contribution >= 0.6 is 0 Å². The summed E-state index contributed by atoms with van der Waals surface area (Å²) in [6.07, 6.45) is 3.78. The van der Waals surface area contributed by atoms with E-state index in [2.05, 4.69) is 18.2 Å². The number of hydrogen-bond acceptors (Lipinski definition) is 2. The van der Waals surface area contributed by atoms with Crippen LogP contribution in [0.25, 0.3) is 0 Å². The van der Waals surface area contributed by atoms with Crippen molar-refractivity contribution in [2.75, 3.05) is 0 Å². The van der Waals surface area contributed by atoms with Crippen molar-refractivity contribution >= 4 is 5.78 Å². The molecule has 0 aromatic heterocycles. The average molecular weight is 201 g/mol. The van der Waals surface area contributed by atoms with Gasteiger partial charge >= 0.3 is 0 Å². The van der Waals surface area contributed by atoms with Gasteiger partial charge in [0, 0.05) is 6.42 Å². The molecule has 1 fully saturated rings. The van der Waals surface area contributed by atoms with Crippen molar-refractivity contribution in [2.45, 2.75) is 37.1 Å². The van der Waals surface area contributed by atoms with E-state index in [0.29, 0.717) is 6.42 Å². The summed E-state index contributed by atoms with van der Waals surface area (Å²) in [4.78, 5) is 11.8. The number of rotatable bonds is 0. The number of nitrogens with two attached hydrogens (primary N) is 1. The van der Waals surface area contributed by atoms with Crippen LogP contribution in [0.2, 0.25) is 0 Å². The first-order chi connectivity index (χ1) is 7.21. The molecule has 0 aliphatic heterocycles. The Bertz CT molecular complexity index is 420. The quantitative estimate of drug-likeness (QED) is 0.692. The standard InChI is InChI=1S/C13H15NO/c14-11-8-13(5-6-13)10-4-2-1-3-9(10)7-12(11)15/h1-4,11H,5-8,14H2/t11-/m0/s1. The number of carbonyl (C=O) groups excluding carboxylic acids is 1. The molecule has 1 aromatic rings. The van der Waals surface area contributed by atoms with Gasteiger partial charge in [0.2, 0.25) is 0 Å². The zero-order valence-corrected chi connectivity index (χ0v) is 8.70. The third kappa shape index (κ3) is 1.32. The molecule has 0 saturated heterocycles. The van der Waals surface area contributed by atoms with Crippen molar-refractivity contribution in [3.05, 3.63) is 35.4 Å². The highest BCUT2D eigenvalue weighted by molar-refractivity contribution is 5.87. The molecule has 1 aromatic carbocycles. The number of ketones is 1. The fraction of sp³-hybridized carbons (Fsp3) is 0.462. The molecule has 2 nitrogen and oxygen atoms in total. The Labute approximate surface area is 89.5 Å². The van der Waals surface area contributed by atoms with Crippen molar-refractivity contribution in [2.24, 2.45) is 5.73 Å². The molecule has 2 N–H and O–H groups in total. The van der Waals surface area contributed by atoms with Crippen LogP contribution in [-0.2, 0) is 16.6 Å². The monoisotopic (exact) mass is 201 g/mol. The molecule has 0 bridgehead atoms. The molecular weight excluding hydrogens is 186 g/mol. The van der Waals surface area contributed by atoms with Crippen LogP contribution in [0.5, 0.6) is 0 Å². The first kappa shape index (κ1) is 9.10. The van der Waals surface area contributed by atoms with E-state index in [1.165, 1.54) is 24.0 Å². The highest BCUT2D eigenvalue weighted by Gasteiger charge is 2.48. The van der Waals surface area contributed by atoms with Gasteiger partial charge in [-0.05, 0) is 35.8 Å².